The molecule has 0 spiro atoms. The number of hydrogen-bond donors (Lipinski definition) is 4. The highest BCUT2D eigenvalue weighted by atomic mass is 32.2. The number of hydrogen-bond acceptors (Lipinski definition) is 5. The van der Waals surface area contributed by atoms with E-state index in [-0.39, 0.29) is 23.5 Å². The smallest absolute Gasteiger partial charge is 0.423 e. The first kappa shape index (κ1) is 17.6. The van der Waals surface area contributed by atoms with Crippen LogP contribution >= 0.6 is 0 Å². The summed E-state index contributed by atoms with van der Waals surface area (Å²) in [6.07, 6.45) is 0.565. The largest absolute Gasteiger partial charge is 0.488 e. The average Bonchev–Trinajstić information content (AvgIpc) is 2.55. The third kappa shape index (κ3) is 4.88. The van der Waals surface area contributed by atoms with Crippen molar-refractivity contribution in [3.63, 3.8) is 0 Å². The van der Waals surface area contributed by atoms with Crippen LogP contribution in [0, 0.1) is 0 Å². The molecule has 0 aliphatic rings. The molecule has 8 heteroatoms. The van der Waals surface area contributed by atoms with Gasteiger partial charge in [-0.2, -0.15) is 0 Å². The number of rotatable bonds is 7. The van der Waals surface area contributed by atoms with Gasteiger partial charge in [0, 0.05) is 13.2 Å². The minimum absolute atomic E-state index is 0.0544. The predicted molar refractivity (Wildman–Crippen MR) is 87.5 cm³/mol. The van der Waals surface area contributed by atoms with Gasteiger partial charge < -0.3 is 15.2 Å². The minimum Gasteiger partial charge on any atom is -0.423 e. The first-order chi connectivity index (χ1) is 10.9. The fraction of sp³-hybridized carbons (Fsp3) is 0.200. The van der Waals surface area contributed by atoms with E-state index in [1.807, 2.05) is 12.1 Å². The molecule has 2 aromatic carbocycles. The van der Waals surface area contributed by atoms with Crippen LogP contribution in [0.5, 0.6) is 0 Å². The summed E-state index contributed by atoms with van der Waals surface area (Å²) >= 11 is 0. The zero-order chi connectivity index (χ0) is 16.9. The van der Waals surface area contributed by atoms with Crippen LogP contribution < -0.4 is 10.2 Å². The van der Waals surface area contributed by atoms with Crippen molar-refractivity contribution in [3.8, 4) is 0 Å². The Morgan fingerprint density at radius 1 is 0.913 bits per heavy atom. The van der Waals surface area contributed by atoms with Gasteiger partial charge in [0.15, 0.2) is 0 Å². The Kier molecular flexibility index (Phi) is 5.92. The topological polar surface area (TPSA) is 107 Å². The molecule has 0 aliphatic heterocycles. The van der Waals surface area contributed by atoms with Crippen LogP contribution in [0.15, 0.2) is 53.4 Å². The Balaban J connectivity index is 2.03. The van der Waals surface area contributed by atoms with Gasteiger partial charge in [0.1, 0.15) is 0 Å². The molecular weight excluding hydrogens is 317 g/mol. The molecule has 0 saturated carbocycles. The van der Waals surface area contributed by atoms with Gasteiger partial charge in [0.05, 0.1) is 4.90 Å². The highest BCUT2D eigenvalue weighted by molar-refractivity contribution is 7.89. The second-order valence-corrected chi connectivity index (χ2v) is 6.82. The molecule has 0 amide bonds. The van der Waals surface area contributed by atoms with E-state index in [9.17, 15) is 8.42 Å². The van der Waals surface area contributed by atoms with Crippen LogP contribution in [0.2, 0.25) is 0 Å². The lowest BCUT2D eigenvalue weighted by molar-refractivity contribution is 0.299. The Bertz CT molecular complexity index is 729. The Morgan fingerprint density at radius 2 is 1.48 bits per heavy atom. The monoisotopic (exact) mass is 335 g/mol. The summed E-state index contributed by atoms with van der Waals surface area (Å²) in [7, 11) is -5.30. The van der Waals surface area contributed by atoms with Crippen molar-refractivity contribution in [2.75, 3.05) is 6.61 Å². The van der Waals surface area contributed by atoms with E-state index in [0.29, 0.717) is 6.42 Å². The van der Waals surface area contributed by atoms with Crippen LogP contribution in [0.4, 0.5) is 0 Å². The van der Waals surface area contributed by atoms with Crippen molar-refractivity contribution in [1.82, 2.24) is 4.72 Å². The van der Waals surface area contributed by atoms with Gasteiger partial charge in [-0.3, -0.25) is 0 Å². The minimum atomic E-state index is -3.67. The Labute approximate surface area is 135 Å². The van der Waals surface area contributed by atoms with Crippen LogP contribution in [0.25, 0.3) is 0 Å². The number of aliphatic hydroxyl groups is 1. The highest BCUT2D eigenvalue weighted by Gasteiger charge is 2.16. The first-order valence-corrected chi connectivity index (χ1v) is 8.55. The molecule has 122 valence electrons. The third-order valence-corrected chi connectivity index (χ3v) is 4.80. The summed E-state index contributed by atoms with van der Waals surface area (Å²) in [4.78, 5) is 0.0544. The Hall–Kier alpha value is -1.71. The molecule has 6 nitrogen and oxygen atoms in total. The number of sulfonamides is 1. The number of nitrogens with one attached hydrogen (secondary N) is 1. The van der Waals surface area contributed by atoms with Gasteiger partial charge >= 0.3 is 7.12 Å². The number of aliphatic hydroxyl groups excluding tert-OH is 1. The fourth-order valence-corrected chi connectivity index (χ4v) is 3.05. The van der Waals surface area contributed by atoms with Gasteiger partial charge in [0.2, 0.25) is 10.0 Å². The van der Waals surface area contributed by atoms with Gasteiger partial charge in [0.25, 0.3) is 0 Å². The summed E-state index contributed by atoms with van der Waals surface area (Å²) in [5, 5.41) is 26.9. The highest BCUT2D eigenvalue weighted by Crippen LogP contribution is 2.09. The quantitative estimate of drug-likeness (QED) is 0.505. The Morgan fingerprint density at radius 3 is 2.00 bits per heavy atom. The molecule has 0 unspecified atom stereocenters. The molecular formula is C15H18BNO5S. The molecule has 0 fully saturated rings. The summed E-state index contributed by atoms with van der Waals surface area (Å²) in [5.74, 6) is 0. The van der Waals surface area contributed by atoms with E-state index < -0.39 is 17.1 Å². The summed E-state index contributed by atoms with van der Waals surface area (Å²) in [6.45, 7) is 0.219. The van der Waals surface area contributed by atoms with Crippen molar-refractivity contribution >= 4 is 22.6 Å². The SMILES string of the molecule is O=S(=O)(NCc1ccc(CCO)cc1)c1ccc(B(O)O)cc1. The lowest BCUT2D eigenvalue weighted by Gasteiger charge is -2.08. The van der Waals surface area contributed by atoms with E-state index in [2.05, 4.69) is 4.72 Å². The lowest BCUT2D eigenvalue weighted by Crippen LogP contribution is -2.30. The molecule has 2 rings (SSSR count). The lowest BCUT2D eigenvalue weighted by atomic mass is 9.81. The van der Waals surface area contributed by atoms with E-state index >= 15 is 0 Å². The fourth-order valence-electron chi connectivity index (χ4n) is 2.03. The molecule has 0 atom stereocenters. The first-order valence-electron chi connectivity index (χ1n) is 7.07. The average molecular weight is 335 g/mol. The summed E-state index contributed by atoms with van der Waals surface area (Å²) in [5.41, 5.74) is 2.01. The second kappa shape index (κ2) is 7.71. The maximum Gasteiger partial charge on any atom is 0.488 e. The maximum atomic E-state index is 12.2. The van der Waals surface area contributed by atoms with E-state index in [1.54, 1.807) is 12.1 Å². The van der Waals surface area contributed by atoms with Crippen molar-refractivity contribution < 1.29 is 23.6 Å². The normalized spacial score (nSPS) is 11.4. The van der Waals surface area contributed by atoms with E-state index in [0.717, 1.165) is 11.1 Å². The van der Waals surface area contributed by atoms with Crippen LogP contribution in [0.1, 0.15) is 11.1 Å². The second-order valence-electron chi connectivity index (χ2n) is 5.06. The number of benzene rings is 2. The predicted octanol–water partition coefficient (Wildman–Crippen LogP) is -0.620. The molecule has 0 saturated heterocycles. The van der Waals surface area contributed by atoms with E-state index in [1.165, 1.54) is 24.3 Å². The van der Waals surface area contributed by atoms with Gasteiger partial charge in [-0.05, 0) is 35.1 Å². The summed E-state index contributed by atoms with van der Waals surface area (Å²) < 4.78 is 26.9. The zero-order valence-electron chi connectivity index (χ0n) is 12.4. The molecule has 0 bridgehead atoms. The molecule has 0 heterocycles. The summed E-state index contributed by atoms with van der Waals surface area (Å²) in [6, 6.07) is 12.6. The van der Waals surface area contributed by atoms with Crippen LogP contribution in [-0.4, -0.2) is 37.3 Å². The van der Waals surface area contributed by atoms with Gasteiger partial charge in [-0.25, -0.2) is 13.1 Å². The molecule has 2 aromatic rings. The third-order valence-electron chi connectivity index (χ3n) is 3.38. The van der Waals surface area contributed by atoms with Gasteiger partial charge in [-0.1, -0.05) is 36.4 Å². The molecule has 0 aromatic heterocycles. The van der Waals surface area contributed by atoms with E-state index in [4.69, 9.17) is 15.2 Å². The van der Waals surface area contributed by atoms with Crippen LogP contribution in [-0.2, 0) is 23.0 Å². The van der Waals surface area contributed by atoms with Crippen molar-refractivity contribution in [1.29, 1.82) is 0 Å². The van der Waals surface area contributed by atoms with Crippen molar-refractivity contribution in [3.05, 3.63) is 59.7 Å². The standard InChI is InChI=1S/C15H18BNO5S/c18-10-9-12-1-3-13(4-2-12)11-17-23(21,22)15-7-5-14(6-8-15)16(19)20/h1-8,17-20H,9-11H2. The van der Waals surface area contributed by atoms with Gasteiger partial charge in [-0.15, -0.1) is 0 Å². The molecule has 0 aliphatic carbocycles. The molecule has 23 heavy (non-hydrogen) atoms. The molecule has 0 radical (unpaired) electrons. The van der Waals surface area contributed by atoms with Crippen molar-refractivity contribution in [2.45, 2.75) is 17.9 Å². The maximum absolute atomic E-state index is 12.2. The van der Waals surface area contributed by atoms with Crippen LogP contribution in [0.3, 0.4) is 0 Å². The molecule has 4 N–H and O–H groups in total. The zero-order valence-corrected chi connectivity index (χ0v) is 13.2. The van der Waals surface area contributed by atoms with Crippen molar-refractivity contribution in [2.24, 2.45) is 0 Å².